The van der Waals surface area contributed by atoms with E-state index in [1.807, 2.05) is 0 Å². The SMILES string of the molecule is CCOc1c(F)c(F)c(N2CCC(=O)CC2)c(F)c1F. The third-order valence-corrected chi connectivity index (χ3v) is 3.13. The summed E-state index contributed by atoms with van der Waals surface area (Å²) in [5.74, 6) is -7.22. The summed E-state index contributed by atoms with van der Waals surface area (Å²) >= 11 is 0. The van der Waals surface area contributed by atoms with Gasteiger partial charge in [-0.15, -0.1) is 0 Å². The highest BCUT2D eigenvalue weighted by Gasteiger charge is 2.31. The van der Waals surface area contributed by atoms with Crippen LogP contribution in [0.2, 0.25) is 0 Å². The van der Waals surface area contributed by atoms with Crippen LogP contribution < -0.4 is 9.64 Å². The van der Waals surface area contributed by atoms with Crippen molar-refractivity contribution < 1.29 is 27.1 Å². The average molecular weight is 291 g/mol. The van der Waals surface area contributed by atoms with Gasteiger partial charge in [0.25, 0.3) is 0 Å². The number of carbonyl (C=O) groups is 1. The standard InChI is InChI=1S/C13H13F4NO2/c1-2-20-13-10(16)8(14)12(9(15)11(13)17)18-5-3-7(19)4-6-18/h2-6H2,1H3. The summed E-state index contributed by atoms with van der Waals surface area (Å²) in [4.78, 5) is 12.2. The van der Waals surface area contributed by atoms with Crippen LogP contribution in [0.3, 0.4) is 0 Å². The molecule has 1 aliphatic heterocycles. The first kappa shape index (κ1) is 14.6. The van der Waals surface area contributed by atoms with Crippen LogP contribution in [0.15, 0.2) is 0 Å². The maximum atomic E-state index is 13.9. The fourth-order valence-corrected chi connectivity index (χ4v) is 2.13. The number of hydrogen-bond donors (Lipinski definition) is 0. The lowest BCUT2D eigenvalue weighted by Crippen LogP contribution is -2.35. The van der Waals surface area contributed by atoms with E-state index in [1.54, 1.807) is 0 Å². The first-order chi connectivity index (χ1) is 9.47. The van der Waals surface area contributed by atoms with Crippen LogP contribution >= 0.6 is 0 Å². The van der Waals surface area contributed by atoms with E-state index in [9.17, 15) is 22.4 Å². The molecule has 0 N–H and O–H groups in total. The van der Waals surface area contributed by atoms with Crippen molar-refractivity contribution in [2.45, 2.75) is 19.8 Å². The lowest BCUT2D eigenvalue weighted by atomic mass is 10.1. The number of ether oxygens (including phenoxy) is 1. The fourth-order valence-electron chi connectivity index (χ4n) is 2.13. The smallest absolute Gasteiger partial charge is 0.206 e. The minimum absolute atomic E-state index is 0.0273. The van der Waals surface area contributed by atoms with Gasteiger partial charge < -0.3 is 9.64 Å². The molecule has 1 aliphatic rings. The Morgan fingerprint density at radius 1 is 1.00 bits per heavy atom. The number of ketones is 1. The molecule has 20 heavy (non-hydrogen) atoms. The monoisotopic (exact) mass is 291 g/mol. The Labute approximate surface area is 113 Å². The van der Waals surface area contributed by atoms with Gasteiger partial charge in [0, 0.05) is 25.9 Å². The Morgan fingerprint density at radius 3 is 1.95 bits per heavy atom. The van der Waals surface area contributed by atoms with Gasteiger partial charge in [-0.05, 0) is 6.92 Å². The predicted octanol–water partition coefficient (Wildman–Crippen LogP) is 2.81. The first-order valence-corrected chi connectivity index (χ1v) is 6.22. The fraction of sp³-hybridized carbons (Fsp3) is 0.462. The average Bonchev–Trinajstić information content (AvgIpc) is 2.44. The van der Waals surface area contributed by atoms with Crippen molar-refractivity contribution in [1.29, 1.82) is 0 Å². The lowest BCUT2D eigenvalue weighted by molar-refractivity contribution is -0.119. The Morgan fingerprint density at radius 2 is 1.50 bits per heavy atom. The van der Waals surface area contributed by atoms with Crippen molar-refractivity contribution in [2.24, 2.45) is 0 Å². The number of hydrogen-bond acceptors (Lipinski definition) is 3. The molecule has 0 aliphatic carbocycles. The molecule has 1 saturated heterocycles. The number of rotatable bonds is 3. The van der Waals surface area contributed by atoms with Crippen molar-refractivity contribution in [3.05, 3.63) is 23.3 Å². The third kappa shape index (κ3) is 2.44. The highest BCUT2D eigenvalue weighted by molar-refractivity contribution is 5.81. The van der Waals surface area contributed by atoms with Gasteiger partial charge in [-0.2, -0.15) is 8.78 Å². The normalized spacial score (nSPS) is 15.7. The Balaban J connectivity index is 2.46. The summed E-state index contributed by atoms with van der Waals surface area (Å²) < 4.78 is 59.9. The minimum atomic E-state index is -1.56. The van der Waals surface area contributed by atoms with Gasteiger partial charge in [-0.25, -0.2) is 8.78 Å². The Kier molecular flexibility index (Phi) is 4.15. The summed E-state index contributed by atoms with van der Waals surface area (Å²) in [6.07, 6.45) is 0.185. The lowest BCUT2D eigenvalue weighted by Gasteiger charge is -2.29. The molecule has 1 aromatic carbocycles. The van der Waals surface area contributed by atoms with Crippen LogP contribution in [0.25, 0.3) is 0 Å². The summed E-state index contributed by atoms with van der Waals surface area (Å²) in [6.45, 7) is 1.38. The Hall–Kier alpha value is -1.79. The largest absolute Gasteiger partial charge is 0.488 e. The maximum Gasteiger partial charge on any atom is 0.206 e. The minimum Gasteiger partial charge on any atom is -0.488 e. The zero-order valence-electron chi connectivity index (χ0n) is 10.8. The molecule has 0 amide bonds. The van der Waals surface area contributed by atoms with Crippen molar-refractivity contribution in [2.75, 3.05) is 24.6 Å². The molecule has 3 nitrogen and oxygen atoms in total. The molecule has 7 heteroatoms. The van der Waals surface area contributed by atoms with Gasteiger partial charge in [-0.3, -0.25) is 4.79 Å². The van der Waals surface area contributed by atoms with Crippen molar-refractivity contribution >= 4 is 11.5 Å². The van der Waals surface area contributed by atoms with Crippen molar-refractivity contribution in [1.82, 2.24) is 0 Å². The van der Waals surface area contributed by atoms with Gasteiger partial charge in [0.1, 0.15) is 11.5 Å². The van der Waals surface area contributed by atoms with Gasteiger partial charge >= 0.3 is 0 Å². The van der Waals surface area contributed by atoms with Gasteiger partial charge in [-0.1, -0.05) is 0 Å². The topological polar surface area (TPSA) is 29.5 Å². The van der Waals surface area contributed by atoms with Gasteiger partial charge in [0.2, 0.25) is 11.6 Å². The van der Waals surface area contributed by atoms with E-state index >= 15 is 0 Å². The van der Waals surface area contributed by atoms with Crippen molar-refractivity contribution in [3.8, 4) is 5.75 Å². The number of halogens is 4. The van der Waals surface area contributed by atoms with Crippen molar-refractivity contribution in [3.63, 3.8) is 0 Å². The van der Waals surface area contributed by atoms with Crippen LogP contribution in [-0.2, 0) is 4.79 Å². The van der Waals surface area contributed by atoms with E-state index in [-0.39, 0.29) is 38.3 Å². The molecule has 0 atom stereocenters. The zero-order chi connectivity index (χ0) is 14.9. The summed E-state index contributed by atoms with van der Waals surface area (Å²) in [6, 6.07) is 0. The van der Waals surface area contributed by atoms with Gasteiger partial charge in [0.15, 0.2) is 17.4 Å². The second-order valence-corrected chi connectivity index (χ2v) is 4.39. The molecule has 1 aromatic rings. The number of Topliss-reactive ketones (excluding diaryl/α,β-unsaturated/α-hetero) is 1. The number of nitrogens with zero attached hydrogens (tertiary/aromatic N) is 1. The Bertz CT molecular complexity index is 509. The highest BCUT2D eigenvalue weighted by Crippen LogP contribution is 2.35. The van der Waals surface area contributed by atoms with Crippen LogP contribution in [0.1, 0.15) is 19.8 Å². The summed E-state index contributed by atoms with van der Waals surface area (Å²) in [5, 5.41) is 0. The number of benzene rings is 1. The molecular formula is C13H13F4NO2. The van der Waals surface area contributed by atoms with E-state index in [1.165, 1.54) is 6.92 Å². The molecule has 1 fully saturated rings. The maximum absolute atomic E-state index is 13.9. The molecule has 1 heterocycles. The van der Waals surface area contributed by atoms with E-state index in [2.05, 4.69) is 4.74 Å². The molecule has 0 saturated carbocycles. The highest BCUT2D eigenvalue weighted by atomic mass is 19.2. The van der Waals surface area contributed by atoms with E-state index in [0.717, 1.165) is 4.90 Å². The second kappa shape index (κ2) is 5.68. The third-order valence-electron chi connectivity index (χ3n) is 3.13. The second-order valence-electron chi connectivity index (χ2n) is 4.39. The van der Waals surface area contributed by atoms with Crippen LogP contribution in [0.4, 0.5) is 23.2 Å². The molecule has 0 bridgehead atoms. The summed E-state index contributed by atoms with van der Waals surface area (Å²) in [5.41, 5.74) is -0.782. The number of anilines is 1. The molecule has 0 radical (unpaired) electrons. The molecule has 0 unspecified atom stereocenters. The molecule has 0 aromatic heterocycles. The van der Waals surface area contributed by atoms with Crippen LogP contribution in [0.5, 0.6) is 5.75 Å². The molecule has 110 valence electrons. The number of carbonyl (C=O) groups excluding carboxylic acids is 1. The first-order valence-electron chi connectivity index (χ1n) is 6.22. The predicted molar refractivity (Wildman–Crippen MR) is 63.9 cm³/mol. The van der Waals surface area contributed by atoms with Crippen LogP contribution in [-0.4, -0.2) is 25.5 Å². The zero-order valence-corrected chi connectivity index (χ0v) is 10.8. The van der Waals surface area contributed by atoms with E-state index in [0.29, 0.717) is 0 Å². The molecule has 0 spiro atoms. The van der Waals surface area contributed by atoms with Crippen LogP contribution in [0, 0.1) is 23.3 Å². The molecule has 2 rings (SSSR count). The van der Waals surface area contributed by atoms with E-state index < -0.39 is 34.7 Å². The quantitative estimate of drug-likeness (QED) is 0.633. The summed E-state index contributed by atoms with van der Waals surface area (Å²) in [7, 11) is 0. The van der Waals surface area contributed by atoms with E-state index in [4.69, 9.17) is 0 Å². The van der Waals surface area contributed by atoms with Gasteiger partial charge in [0.05, 0.1) is 6.61 Å². The molecular weight excluding hydrogens is 278 g/mol. The number of piperidine rings is 1.